The molecule has 0 radical (unpaired) electrons. The Morgan fingerprint density at radius 3 is 2.57 bits per heavy atom. The molecule has 28 heavy (non-hydrogen) atoms. The van der Waals surface area contributed by atoms with Gasteiger partial charge >= 0.3 is 5.97 Å². The summed E-state index contributed by atoms with van der Waals surface area (Å²) < 4.78 is 8.01. The molecule has 0 unspecified atom stereocenters. The van der Waals surface area contributed by atoms with Gasteiger partial charge in [0.05, 0.1) is 14.8 Å². The zero-order chi connectivity index (χ0) is 20.8. The second-order valence-electron chi connectivity index (χ2n) is 6.01. The molecular formula is C19H19I3N2O4. The van der Waals surface area contributed by atoms with Crippen LogP contribution in [0.4, 0.5) is 11.4 Å². The number of amides is 1. The van der Waals surface area contributed by atoms with Crippen LogP contribution in [0.15, 0.2) is 30.3 Å². The molecule has 2 rings (SSSR count). The maximum atomic E-state index is 12.8. The molecule has 6 nitrogen and oxygen atoms in total. The molecule has 2 aromatic carbocycles. The Morgan fingerprint density at radius 2 is 1.93 bits per heavy atom. The number of carboxylic acid groups (broad SMARTS) is 1. The highest BCUT2D eigenvalue weighted by Crippen LogP contribution is 2.30. The molecule has 0 aromatic heterocycles. The minimum atomic E-state index is -0.999. The number of anilines is 2. The second-order valence-corrected chi connectivity index (χ2v) is 9.41. The molecule has 2 aromatic rings. The molecule has 9 heteroatoms. The first-order valence-corrected chi connectivity index (χ1v) is 11.7. The number of nitrogens with two attached hydrogens (primary N) is 1. The Labute approximate surface area is 204 Å². The fourth-order valence-electron chi connectivity index (χ4n) is 2.44. The molecule has 0 spiro atoms. The number of hydrogen-bond donors (Lipinski definition) is 3. The van der Waals surface area contributed by atoms with Gasteiger partial charge in [-0.3, -0.25) is 4.79 Å². The van der Waals surface area contributed by atoms with Gasteiger partial charge in [-0.1, -0.05) is 19.4 Å². The van der Waals surface area contributed by atoms with E-state index in [0.717, 1.165) is 20.0 Å². The second kappa shape index (κ2) is 10.8. The highest BCUT2D eigenvalue weighted by molar-refractivity contribution is 14.1. The van der Waals surface area contributed by atoms with Gasteiger partial charge in [-0.15, -0.1) is 0 Å². The van der Waals surface area contributed by atoms with E-state index in [4.69, 9.17) is 10.5 Å². The fourth-order valence-corrected chi connectivity index (χ4v) is 6.30. The van der Waals surface area contributed by atoms with E-state index in [1.807, 2.05) is 13.0 Å². The summed E-state index contributed by atoms with van der Waals surface area (Å²) in [5, 5.41) is 12.2. The highest BCUT2D eigenvalue weighted by Gasteiger charge is 2.20. The zero-order valence-electron chi connectivity index (χ0n) is 15.0. The van der Waals surface area contributed by atoms with Crippen molar-refractivity contribution in [3.63, 3.8) is 0 Å². The van der Waals surface area contributed by atoms with E-state index in [1.54, 1.807) is 24.3 Å². The lowest BCUT2D eigenvalue weighted by Crippen LogP contribution is -2.26. The third-order valence-electron chi connectivity index (χ3n) is 3.90. The van der Waals surface area contributed by atoms with E-state index in [1.165, 1.54) is 0 Å². The summed E-state index contributed by atoms with van der Waals surface area (Å²) in [6, 6.07) is 8.59. The summed E-state index contributed by atoms with van der Waals surface area (Å²) in [7, 11) is 0. The first kappa shape index (κ1) is 23.4. The summed E-state index contributed by atoms with van der Waals surface area (Å²) in [6.07, 6.45) is 1.17. The van der Waals surface area contributed by atoms with Crippen molar-refractivity contribution in [2.45, 2.75) is 32.3 Å². The molecule has 0 aliphatic rings. The van der Waals surface area contributed by atoms with Gasteiger partial charge in [0.25, 0.3) is 5.91 Å². The number of ether oxygens (including phenoxy) is 1. The lowest BCUT2D eigenvalue weighted by molar-refractivity contribution is -0.145. The number of rotatable bonds is 8. The van der Waals surface area contributed by atoms with Crippen molar-refractivity contribution in [1.82, 2.24) is 0 Å². The normalized spacial score (nSPS) is 11.7. The topological polar surface area (TPSA) is 102 Å². The van der Waals surface area contributed by atoms with Crippen LogP contribution in [-0.2, 0) is 4.79 Å². The van der Waals surface area contributed by atoms with Gasteiger partial charge in [0.1, 0.15) is 5.75 Å². The number of unbranched alkanes of at least 4 members (excludes halogenated alkanes) is 1. The van der Waals surface area contributed by atoms with Gasteiger partial charge in [0.15, 0.2) is 6.10 Å². The van der Waals surface area contributed by atoms with E-state index in [0.29, 0.717) is 32.7 Å². The molecule has 0 bridgehead atoms. The predicted octanol–water partition coefficient (Wildman–Crippen LogP) is 5.36. The van der Waals surface area contributed by atoms with Crippen molar-refractivity contribution in [2.24, 2.45) is 0 Å². The minimum absolute atomic E-state index is 0.283. The molecule has 0 aliphatic heterocycles. The summed E-state index contributed by atoms with van der Waals surface area (Å²) in [5.41, 5.74) is 7.66. The van der Waals surface area contributed by atoms with Crippen LogP contribution in [0.5, 0.6) is 5.75 Å². The van der Waals surface area contributed by atoms with Crippen molar-refractivity contribution in [1.29, 1.82) is 0 Å². The van der Waals surface area contributed by atoms with Crippen LogP contribution < -0.4 is 15.8 Å². The van der Waals surface area contributed by atoms with Gasteiger partial charge < -0.3 is 20.9 Å². The number of carbonyl (C=O) groups excluding carboxylic acids is 1. The summed E-state index contributed by atoms with van der Waals surface area (Å²) in [5.74, 6) is -0.885. The maximum absolute atomic E-state index is 12.8. The molecule has 0 saturated carbocycles. The Kier molecular flexibility index (Phi) is 9.05. The number of carboxylic acids is 1. The Morgan fingerprint density at radius 1 is 1.21 bits per heavy atom. The number of nitrogen functional groups attached to an aromatic ring is 1. The maximum Gasteiger partial charge on any atom is 0.344 e. The van der Waals surface area contributed by atoms with Crippen LogP contribution in [0.2, 0.25) is 0 Å². The Bertz CT molecular complexity index is 890. The third-order valence-corrected chi connectivity index (χ3v) is 6.76. The van der Waals surface area contributed by atoms with Gasteiger partial charge in [0.2, 0.25) is 0 Å². The summed E-state index contributed by atoms with van der Waals surface area (Å²) in [4.78, 5) is 24.2. The van der Waals surface area contributed by atoms with Gasteiger partial charge in [0, 0.05) is 18.9 Å². The number of benzene rings is 2. The molecule has 0 saturated heterocycles. The van der Waals surface area contributed by atoms with E-state index in [2.05, 4.69) is 73.1 Å². The van der Waals surface area contributed by atoms with Crippen LogP contribution in [0, 0.1) is 10.7 Å². The third kappa shape index (κ3) is 6.08. The lowest BCUT2D eigenvalue weighted by atomic mass is 10.1. The SMILES string of the molecule is CCCC[C@@H](Oc1cccc(NC(=O)c2c(I)cc(I)c(N)c2I)c1)C(=O)O. The van der Waals surface area contributed by atoms with Gasteiger partial charge in [-0.05, 0) is 98.8 Å². The first-order chi connectivity index (χ1) is 13.2. The van der Waals surface area contributed by atoms with Crippen LogP contribution in [0.25, 0.3) is 0 Å². The number of aliphatic carboxylic acids is 1. The van der Waals surface area contributed by atoms with E-state index in [9.17, 15) is 14.7 Å². The summed E-state index contributed by atoms with van der Waals surface area (Å²) in [6.45, 7) is 2.00. The standard InChI is InChI=1S/C19H19I3N2O4/c1-2-3-7-14(19(26)27)28-11-6-4-5-10(8-11)24-18(25)15-12(20)9-13(21)17(23)16(15)22/h4-6,8-9,14H,2-3,7,23H2,1H3,(H,24,25)(H,26,27)/t14-/m1/s1. The average Bonchev–Trinajstić information content (AvgIpc) is 2.63. The summed E-state index contributed by atoms with van der Waals surface area (Å²) >= 11 is 6.32. The molecule has 0 heterocycles. The van der Waals surface area contributed by atoms with E-state index < -0.39 is 12.1 Å². The van der Waals surface area contributed by atoms with Crippen LogP contribution in [0.1, 0.15) is 36.5 Å². The van der Waals surface area contributed by atoms with Crippen molar-refractivity contribution >= 4 is 91.0 Å². The van der Waals surface area contributed by atoms with Crippen molar-refractivity contribution in [3.8, 4) is 5.75 Å². The van der Waals surface area contributed by atoms with Crippen molar-refractivity contribution < 1.29 is 19.4 Å². The number of hydrogen-bond acceptors (Lipinski definition) is 4. The molecule has 4 N–H and O–H groups in total. The number of nitrogens with one attached hydrogen (secondary N) is 1. The Balaban J connectivity index is 2.20. The molecule has 0 aliphatic carbocycles. The zero-order valence-corrected chi connectivity index (χ0v) is 21.4. The molecule has 150 valence electrons. The smallest absolute Gasteiger partial charge is 0.344 e. The fraction of sp³-hybridized carbons (Fsp3) is 0.263. The van der Waals surface area contributed by atoms with Crippen molar-refractivity contribution in [2.75, 3.05) is 11.1 Å². The first-order valence-electron chi connectivity index (χ1n) is 8.48. The van der Waals surface area contributed by atoms with E-state index >= 15 is 0 Å². The average molecular weight is 720 g/mol. The Hall–Kier alpha value is -0.830. The van der Waals surface area contributed by atoms with Crippen LogP contribution in [-0.4, -0.2) is 23.1 Å². The van der Waals surface area contributed by atoms with Gasteiger partial charge in [-0.25, -0.2) is 4.79 Å². The van der Waals surface area contributed by atoms with Crippen LogP contribution in [0.3, 0.4) is 0 Å². The largest absolute Gasteiger partial charge is 0.479 e. The minimum Gasteiger partial charge on any atom is -0.479 e. The van der Waals surface area contributed by atoms with Crippen LogP contribution >= 0.6 is 67.8 Å². The monoisotopic (exact) mass is 720 g/mol. The quantitative estimate of drug-likeness (QED) is 0.252. The molecule has 0 fully saturated rings. The molecule has 1 atom stereocenters. The van der Waals surface area contributed by atoms with Crippen molar-refractivity contribution in [3.05, 3.63) is 46.6 Å². The van der Waals surface area contributed by atoms with E-state index in [-0.39, 0.29) is 5.91 Å². The highest BCUT2D eigenvalue weighted by atomic mass is 127. The number of halogens is 3. The predicted molar refractivity (Wildman–Crippen MR) is 135 cm³/mol. The number of carbonyl (C=O) groups is 2. The lowest BCUT2D eigenvalue weighted by Gasteiger charge is -2.16. The van der Waals surface area contributed by atoms with Gasteiger partial charge in [-0.2, -0.15) is 0 Å². The molecular weight excluding hydrogens is 701 g/mol. The molecule has 1 amide bonds.